The zero-order valence-electron chi connectivity index (χ0n) is 19.2. The van der Waals surface area contributed by atoms with Gasteiger partial charge in [0.15, 0.2) is 11.4 Å². The van der Waals surface area contributed by atoms with Gasteiger partial charge >= 0.3 is 0 Å². The second kappa shape index (κ2) is 7.60. The molecule has 0 fully saturated rings. The molecule has 0 bridgehead atoms. The Morgan fingerprint density at radius 3 is 1.72 bits per heavy atom. The largest absolute Gasteiger partial charge is 0.311 e. The third-order valence-electron chi connectivity index (χ3n) is 6.92. The number of aromatic nitrogens is 2. The maximum Gasteiger partial charge on any atom is 0.189 e. The van der Waals surface area contributed by atoms with E-state index in [0.29, 0.717) is 11.4 Å². The Morgan fingerprint density at radius 2 is 1.00 bits per heavy atom. The van der Waals surface area contributed by atoms with Crippen molar-refractivity contribution in [2.75, 3.05) is 0 Å². The van der Waals surface area contributed by atoms with Crippen LogP contribution in [0.15, 0.2) is 109 Å². The van der Waals surface area contributed by atoms with E-state index in [1.807, 2.05) is 42.5 Å². The third kappa shape index (κ3) is 2.79. The Morgan fingerprint density at radius 1 is 0.417 bits per heavy atom. The lowest BCUT2D eigenvalue weighted by Crippen LogP contribution is -1.96. The lowest BCUT2D eigenvalue weighted by atomic mass is 10.1. The predicted molar refractivity (Wildman–Crippen MR) is 148 cm³/mol. The van der Waals surface area contributed by atoms with E-state index in [0.717, 1.165) is 44.2 Å². The highest BCUT2D eigenvalue weighted by Crippen LogP contribution is 2.38. The molecule has 2 aromatic heterocycles. The van der Waals surface area contributed by atoms with Gasteiger partial charge in [0.25, 0.3) is 0 Å². The maximum absolute atomic E-state index is 7.51. The summed E-state index contributed by atoms with van der Waals surface area (Å²) in [7, 11) is 0. The summed E-state index contributed by atoms with van der Waals surface area (Å²) in [6, 6.07) is 37.0. The minimum Gasteiger partial charge on any atom is -0.311 e. The fourth-order valence-corrected chi connectivity index (χ4v) is 5.39. The van der Waals surface area contributed by atoms with E-state index in [-0.39, 0.29) is 0 Å². The van der Waals surface area contributed by atoms with E-state index in [9.17, 15) is 0 Å². The van der Waals surface area contributed by atoms with Crippen LogP contribution in [0.2, 0.25) is 0 Å². The molecule has 0 N–H and O–H groups in total. The first kappa shape index (κ1) is 20.1. The van der Waals surface area contributed by atoms with Gasteiger partial charge in [-0.05, 0) is 53.9 Å². The van der Waals surface area contributed by atoms with E-state index in [1.165, 1.54) is 10.8 Å². The molecule has 0 radical (unpaired) electrons. The molecule has 166 valence electrons. The number of hydrogen-bond donors (Lipinski definition) is 0. The van der Waals surface area contributed by atoms with Gasteiger partial charge < -0.3 is 9.13 Å². The summed E-state index contributed by atoms with van der Waals surface area (Å²) in [6.07, 6.45) is 0. The van der Waals surface area contributed by atoms with Gasteiger partial charge in [0.2, 0.25) is 0 Å². The molecule has 5 aromatic carbocycles. The minimum atomic E-state index is 0.596. The molecule has 0 atom stereocenters. The third-order valence-corrected chi connectivity index (χ3v) is 6.92. The van der Waals surface area contributed by atoms with Crippen molar-refractivity contribution in [3.8, 4) is 11.4 Å². The van der Waals surface area contributed by atoms with Crippen molar-refractivity contribution in [3.63, 3.8) is 0 Å². The predicted octanol–water partition coefficient (Wildman–Crippen LogP) is 8.98. The number of para-hydroxylation sites is 2. The van der Waals surface area contributed by atoms with E-state index >= 15 is 0 Å². The Kier molecular flexibility index (Phi) is 4.24. The topological polar surface area (TPSA) is 18.6 Å². The van der Waals surface area contributed by atoms with Crippen LogP contribution in [0.1, 0.15) is 0 Å². The average Bonchev–Trinajstić information content (AvgIpc) is 3.45. The lowest BCUT2D eigenvalue weighted by Gasteiger charge is -2.11. The highest BCUT2D eigenvalue weighted by Gasteiger charge is 2.16. The molecule has 7 aromatic rings. The monoisotopic (exact) mass is 458 g/mol. The fraction of sp³-hybridized carbons (Fsp3) is 0. The zero-order chi connectivity index (χ0) is 24.2. The van der Waals surface area contributed by atoms with E-state index in [4.69, 9.17) is 13.1 Å². The molecular weight excluding hydrogens is 440 g/mol. The second-order valence-corrected chi connectivity index (χ2v) is 8.85. The minimum absolute atomic E-state index is 0.596. The number of nitrogens with zero attached hydrogens (tertiary/aromatic N) is 4. The summed E-state index contributed by atoms with van der Waals surface area (Å²) in [6.45, 7) is 15.0. The molecule has 0 unspecified atom stereocenters. The molecule has 0 aliphatic heterocycles. The van der Waals surface area contributed by atoms with Crippen molar-refractivity contribution < 1.29 is 0 Å². The van der Waals surface area contributed by atoms with Crippen LogP contribution >= 0.6 is 0 Å². The van der Waals surface area contributed by atoms with Crippen molar-refractivity contribution in [2.45, 2.75) is 0 Å². The average molecular weight is 459 g/mol. The summed E-state index contributed by atoms with van der Waals surface area (Å²) in [5.74, 6) is 0. The van der Waals surface area contributed by atoms with Crippen LogP contribution in [-0.4, -0.2) is 9.13 Å². The summed E-state index contributed by atoms with van der Waals surface area (Å²) in [4.78, 5) is 7.31. The van der Waals surface area contributed by atoms with E-state index < -0.39 is 0 Å². The number of fused-ring (bicyclic) bond motifs is 6. The Bertz CT molecular complexity index is 2020. The van der Waals surface area contributed by atoms with Gasteiger partial charge in [0.05, 0.1) is 35.2 Å². The van der Waals surface area contributed by atoms with Crippen LogP contribution in [0.25, 0.3) is 64.7 Å². The number of benzene rings is 5. The highest BCUT2D eigenvalue weighted by atomic mass is 15.0. The van der Waals surface area contributed by atoms with Crippen molar-refractivity contribution in [1.29, 1.82) is 0 Å². The number of hydrogen-bond acceptors (Lipinski definition) is 0. The Labute approximate surface area is 207 Å². The van der Waals surface area contributed by atoms with Gasteiger partial charge in [-0.1, -0.05) is 60.7 Å². The maximum atomic E-state index is 7.51. The SMILES string of the molecule is [C-]#[N+]c1cccc(-n2c3ccc([N+]#[C-])cc3c3ccc(-n4c5ccccc5c5ccccc54)cc32)c1. The van der Waals surface area contributed by atoms with Crippen molar-refractivity contribution in [3.05, 3.63) is 132 Å². The van der Waals surface area contributed by atoms with Crippen molar-refractivity contribution in [1.82, 2.24) is 9.13 Å². The van der Waals surface area contributed by atoms with Crippen LogP contribution in [0, 0.1) is 13.1 Å². The van der Waals surface area contributed by atoms with E-state index in [2.05, 4.69) is 85.6 Å². The Balaban J connectivity index is 1.61. The molecule has 0 amide bonds. The molecule has 2 heterocycles. The molecule has 36 heavy (non-hydrogen) atoms. The van der Waals surface area contributed by atoms with Crippen LogP contribution in [0.3, 0.4) is 0 Å². The number of rotatable bonds is 2. The van der Waals surface area contributed by atoms with Gasteiger partial charge in [-0.2, -0.15) is 0 Å². The standard InChI is InChI=1S/C32H18N4/c1-33-21-8-7-9-23(18-21)36-31-17-14-22(34-2)19-28(31)27-16-15-24(20-32(27)36)35-29-12-5-3-10-25(29)26-11-4-6-13-30(26)35/h3-20H. The summed E-state index contributed by atoms with van der Waals surface area (Å²) in [5, 5.41) is 4.55. The first-order valence-electron chi connectivity index (χ1n) is 11.7. The van der Waals surface area contributed by atoms with Gasteiger partial charge in [-0.15, -0.1) is 0 Å². The highest BCUT2D eigenvalue weighted by molar-refractivity contribution is 6.12. The van der Waals surface area contributed by atoms with Gasteiger partial charge in [-0.3, -0.25) is 0 Å². The smallest absolute Gasteiger partial charge is 0.189 e. The molecule has 0 spiro atoms. The normalized spacial score (nSPS) is 11.3. The van der Waals surface area contributed by atoms with Crippen molar-refractivity contribution in [2.24, 2.45) is 0 Å². The molecule has 0 saturated carbocycles. The molecule has 4 nitrogen and oxygen atoms in total. The van der Waals surface area contributed by atoms with Gasteiger partial charge in [0, 0.05) is 27.5 Å². The molecule has 7 rings (SSSR count). The Hall–Kier alpha value is -5.32. The molecule has 0 aliphatic rings. The molecule has 4 heteroatoms. The lowest BCUT2D eigenvalue weighted by molar-refractivity contribution is 1.16. The first-order chi connectivity index (χ1) is 17.8. The molecule has 0 saturated heterocycles. The fourth-order valence-electron chi connectivity index (χ4n) is 5.39. The van der Waals surface area contributed by atoms with Crippen LogP contribution < -0.4 is 0 Å². The van der Waals surface area contributed by atoms with Crippen LogP contribution in [-0.2, 0) is 0 Å². The molecular formula is C32H18N4. The summed E-state index contributed by atoms with van der Waals surface area (Å²) < 4.78 is 4.51. The summed E-state index contributed by atoms with van der Waals surface area (Å²) >= 11 is 0. The zero-order valence-corrected chi connectivity index (χ0v) is 19.2. The quantitative estimate of drug-likeness (QED) is 0.230. The van der Waals surface area contributed by atoms with Crippen molar-refractivity contribution >= 4 is 55.0 Å². The first-order valence-corrected chi connectivity index (χ1v) is 11.7. The van der Waals surface area contributed by atoms with Crippen LogP contribution in [0.5, 0.6) is 0 Å². The van der Waals surface area contributed by atoms with Gasteiger partial charge in [-0.25, -0.2) is 9.69 Å². The van der Waals surface area contributed by atoms with Crippen LogP contribution in [0.4, 0.5) is 11.4 Å². The van der Waals surface area contributed by atoms with Gasteiger partial charge in [0.1, 0.15) is 0 Å². The molecule has 0 aliphatic carbocycles. The summed E-state index contributed by atoms with van der Waals surface area (Å²) in [5.41, 5.74) is 7.57. The second-order valence-electron chi connectivity index (χ2n) is 8.85. The van der Waals surface area contributed by atoms with E-state index in [1.54, 1.807) is 0 Å².